The van der Waals surface area contributed by atoms with Crippen LogP contribution in [0.25, 0.3) is 0 Å². The second-order valence-electron chi connectivity index (χ2n) is 8.84. The Morgan fingerprint density at radius 3 is 2.20 bits per heavy atom. The second-order valence-corrected chi connectivity index (χ2v) is 8.84. The highest BCUT2D eigenvalue weighted by Crippen LogP contribution is 2.27. The van der Waals surface area contributed by atoms with Crippen LogP contribution in [0.4, 0.5) is 4.79 Å². The lowest BCUT2D eigenvalue weighted by molar-refractivity contribution is -0.143. The maximum absolute atomic E-state index is 13.2. The van der Waals surface area contributed by atoms with Crippen molar-refractivity contribution < 1.29 is 19.1 Å². The van der Waals surface area contributed by atoms with E-state index in [4.69, 9.17) is 4.74 Å². The molecule has 0 saturated carbocycles. The normalized spacial score (nSPS) is 13.4. The predicted octanol–water partition coefficient (Wildman–Crippen LogP) is 3.71. The molecule has 7 heteroatoms. The van der Waals surface area contributed by atoms with Crippen LogP contribution in [-0.4, -0.2) is 47.0 Å². The van der Waals surface area contributed by atoms with E-state index in [1.54, 1.807) is 25.7 Å². The van der Waals surface area contributed by atoms with Crippen LogP contribution in [0.5, 0.6) is 0 Å². The van der Waals surface area contributed by atoms with Gasteiger partial charge in [0.05, 0.1) is 0 Å². The summed E-state index contributed by atoms with van der Waals surface area (Å²) in [6.07, 6.45) is -0.00535. The number of amides is 3. The smallest absolute Gasteiger partial charge is 0.408 e. The maximum Gasteiger partial charge on any atom is 0.408 e. The van der Waals surface area contributed by atoms with Crippen LogP contribution in [-0.2, 0) is 14.3 Å². The summed E-state index contributed by atoms with van der Waals surface area (Å²) in [5.74, 6) is -0.590. The first kappa shape index (κ1) is 25.5. The van der Waals surface area contributed by atoms with Crippen LogP contribution in [0.3, 0.4) is 0 Å². The standard InChI is InChI=1S/C23H37N3O4/c1-9-17(5)26(19(27)14-24-22(29)30-23(6,7)8)20(21(28)25-15(2)3)18-13-11-10-12-16(18)4/h10-13,15,17,20H,9,14H2,1-8H3,(H,24,29)(H,25,28). The van der Waals surface area contributed by atoms with Gasteiger partial charge in [0.2, 0.25) is 11.8 Å². The van der Waals surface area contributed by atoms with Gasteiger partial charge in [0, 0.05) is 12.1 Å². The van der Waals surface area contributed by atoms with Crippen LogP contribution in [0, 0.1) is 6.92 Å². The van der Waals surface area contributed by atoms with E-state index in [0.717, 1.165) is 11.1 Å². The topological polar surface area (TPSA) is 87.7 Å². The Labute approximate surface area is 180 Å². The fourth-order valence-electron chi connectivity index (χ4n) is 3.07. The molecule has 0 aromatic heterocycles. The molecule has 0 fully saturated rings. The number of carbonyl (C=O) groups is 3. The summed E-state index contributed by atoms with van der Waals surface area (Å²) in [5.41, 5.74) is 1.02. The minimum Gasteiger partial charge on any atom is -0.444 e. The van der Waals surface area contributed by atoms with Crippen molar-refractivity contribution in [3.8, 4) is 0 Å². The minimum atomic E-state index is -0.795. The van der Waals surface area contributed by atoms with Crippen molar-refractivity contribution >= 4 is 17.9 Å². The molecular weight excluding hydrogens is 382 g/mol. The van der Waals surface area contributed by atoms with E-state index in [0.29, 0.717) is 6.42 Å². The molecule has 0 bridgehead atoms. The number of hydrogen-bond acceptors (Lipinski definition) is 4. The zero-order chi connectivity index (χ0) is 23.1. The van der Waals surface area contributed by atoms with Crippen LogP contribution < -0.4 is 10.6 Å². The van der Waals surface area contributed by atoms with Crippen molar-refractivity contribution in [2.45, 2.75) is 85.5 Å². The monoisotopic (exact) mass is 419 g/mol. The molecule has 30 heavy (non-hydrogen) atoms. The summed E-state index contributed by atoms with van der Waals surface area (Å²) in [4.78, 5) is 40.0. The van der Waals surface area contributed by atoms with E-state index in [-0.39, 0.29) is 30.4 Å². The average Bonchev–Trinajstić information content (AvgIpc) is 2.62. The summed E-state index contributed by atoms with van der Waals surface area (Å²) in [6.45, 7) is 14.6. The average molecular weight is 420 g/mol. The Hall–Kier alpha value is -2.57. The number of nitrogens with zero attached hydrogens (tertiary/aromatic N) is 1. The summed E-state index contributed by atoms with van der Waals surface area (Å²) in [6, 6.07) is 6.47. The van der Waals surface area contributed by atoms with Crippen molar-refractivity contribution in [3.05, 3.63) is 35.4 Å². The summed E-state index contributed by atoms with van der Waals surface area (Å²) in [7, 11) is 0. The number of alkyl carbamates (subject to hydrolysis) is 1. The van der Waals surface area contributed by atoms with E-state index in [2.05, 4.69) is 10.6 Å². The number of benzene rings is 1. The van der Waals surface area contributed by atoms with Crippen LogP contribution in [0.1, 0.15) is 72.1 Å². The third kappa shape index (κ3) is 7.69. The van der Waals surface area contributed by atoms with Crippen LogP contribution >= 0.6 is 0 Å². The quantitative estimate of drug-likeness (QED) is 0.672. The van der Waals surface area contributed by atoms with Gasteiger partial charge in [-0.05, 0) is 66.0 Å². The molecule has 2 atom stereocenters. The number of rotatable bonds is 8. The van der Waals surface area contributed by atoms with Gasteiger partial charge in [0.25, 0.3) is 0 Å². The first-order valence-corrected chi connectivity index (χ1v) is 10.5. The maximum atomic E-state index is 13.2. The second kappa shape index (κ2) is 11.0. The van der Waals surface area contributed by atoms with Crippen molar-refractivity contribution in [2.75, 3.05) is 6.54 Å². The summed E-state index contributed by atoms with van der Waals surface area (Å²) < 4.78 is 5.22. The molecule has 0 saturated heterocycles. The largest absolute Gasteiger partial charge is 0.444 e. The Kier molecular flexibility index (Phi) is 9.33. The van der Waals surface area contributed by atoms with Crippen molar-refractivity contribution in [1.82, 2.24) is 15.5 Å². The van der Waals surface area contributed by atoms with Crippen molar-refractivity contribution in [1.29, 1.82) is 0 Å². The third-order valence-corrected chi connectivity index (χ3v) is 4.58. The SMILES string of the molecule is CCC(C)N(C(=O)CNC(=O)OC(C)(C)C)C(C(=O)NC(C)C)c1ccccc1C. The van der Waals surface area contributed by atoms with Gasteiger partial charge < -0.3 is 20.3 Å². The van der Waals surface area contributed by atoms with Gasteiger partial charge in [0.15, 0.2) is 0 Å². The van der Waals surface area contributed by atoms with E-state index < -0.39 is 17.7 Å². The van der Waals surface area contributed by atoms with E-state index in [1.807, 2.05) is 58.9 Å². The highest BCUT2D eigenvalue weighted by Gasteiger charge is 2.35. The lowest BCUT2D eigenvalue weighted by atomic mass is 9.97. The van der Waals surface area contributed by atoms with Gasteiger partial charge in [0.1, 0.15) is 18.2 Å². The van der Waals surface area contributed by atoms with Crippen molar-refractivity contribution in [2.24, 2.45) is 0 Å². The fourth-order valence-corrected chi connectivity index (χ4v) is 3.07. The first-order chi connectivity index (χ1) is 13.9. The predicted molar refractivity (Wildman–Crippen MR) is 118 cm³/mol. The van der Waals surface area contributed by atoms with Gasteiger partial charge in [-0.25, -0.2) is 4.79 Å². The van der Waals surface area contributed by atoms with E-state index in [1.165, 1.54) is 0 Å². The first-order valence-electron chi connectivity index (χ1n) is 10.5. The van der Waals surface area contributed by atoms with Gasteiger partial charge in [-0.3, -0.25) is 9.59 Å². The highest BCUT2D eigenvalue weighted by molar-refractivity contribution is 5.91. The zero-order valence-corrected chi connectivity index (χ0v) is 19.5. The molecule has 1 rings (SSSR count). The fraction of sp³-hybridized carbons (Fsp3) is 0.609. The Bertz CT molecular complexity index is 740. The molecule has 0 spiro atoms. The van der Waals surface area contributed by atoms with Gasteiger partial charge in [-0.2, -0.15) is 0 Å². The molecule has 0 aliphatic carbocycles. The van der Waals surface area contributed by atoms with Crippen LogP contribution in [0.2, 0.25) is 0 Å². The molecule has 1 aromatic rings. The number of nitrogens with one attached hydrogen (secondary N) is 2. The zero-order valence-electron chi connectivity index (χ0n) is 19.5. The van der Waals surface area contributed by atoms with E-state index >= 15 is 0 Å². The number of aryl methyl sites for hydroxylation is 1. The Morgan fingerprint density at radius 2 is 1.70 bits per heavy atom. The summed E-state index contributed by atoms with van der Waals surface area (Å²) >= 11 is 0. The van der Waals surface area contributed by atoms with Crippen LogP contribution in [0.15, 0.2) is 24.3 Å². The molecule has 0 radical (unpaired) electrons. The number of carbonyl (C=O) groups excluding carboxylic acids is 3. The van der Waals surface area contributed by atoms with E-state index in [9.17, 15) is 14.4 Å². The minimum absolute atomic E-state index is 0.0715. The Morgan fingerprint density at radius 1 is 1.10 bits per heavy atom. The lowest BCUT2D eigenvalue weighted by Crippen LogP contribution is -2.52. The van der Waals surface area contributed by atoms with Gasteiger partial charge in [-0.15, -0.1) is 0 Å². The molecule has 2 unspecified atom stereocenters. The molecule has 0 aliphatic heterocycles. The molecule has 0 heterocycles. The molecule has 1 aromatic carbocycles. The molecular formula is C23H37N3O4. The number of ether oxygens (including phenoxy) is 1. The Balaban J connectivity index is 3.23. The molecule has 2 N–H and O–H groups in total. The van der Waals surface area contributed by atoms with Gasteiger partial charge in [-0.1, -0.05) is 31.2 Å². The summed E-state index contributed by atoms with van der Waals surface area (Å²) in [5, 5.41) is 5.45. The molecule has 7 nitrogen and oxygen atoms in total. The highest BCUT2D eigenvalue weighted by atomic mass is 16.6. The molecule has 168 valence electrons. The molecule has 0 aliphatic rings. The van der Waals surface area contributed by atoms with Crippen molar-refractivity contribution in [3.63, 3.8) is 0 Å². The third-order valence-electron chi connectivity index (χ3n) is 4.58. The number of hydrogen-bond donors (Lipinski definition) is 2. The lowest BCUT2D eigenvalue weighted by Gasteiger charge is -2.37. The molecule has 3 amide bonds. The van der Waals surface area contributed by atoms with Gasteiger partial charge >= 0.3 is 6.09 Å².